The quantitative estimate of drug-likeness (QED) is 0.817. The first-order valence-electron chi connectivity index (χ1n) is 7.33. The van der Waals surface area contributed by atoms with Crippen molar-refractivity contribution in [2.75, 3.05) is 0 Å². The standard InChI is InChI=1S/C14H19NO3S/c1-11(2)5-4-6-14(16)15-19(17,18)13-9-7-12(3)8-10-13/h7-10H,1,4-6H2,2-3H3,(H,15,16)/i2D3. The van der Waals surface area contributed by atoms with Gasteiger partial charge in [0.05, 0.1) is 4.90 Å². The summed E-state index contributed by atoms with van der Waals surface area (Å²) in [5, 5.41) is 0. The number of amides is 1. The second kappa shape index (κ2) is 6.52. The molecule has 104 valence electrons. The number of sulfonamides is 1. The number of allylic oxidation sites excluding steroid dienone is 1. The van der Waals surface area contributed by atoms with Crippen molar-refractivity contribution in [3.05, 3.63) is 42.0 Å². The van der Waals surface area contributed by atoms with Crippen molar-refractivity contribution in [2.45, 2.75) is 37.9 Å². The van der Waals surface area contributed by atoms with E-state index in [1.807, 2.05) is 11.6 Å². The number of benzene rings is 1. The molecule has 1 amide bonds. The van der Waals surface area contributed by atoms with E-state index in [2.05, 4.69) is 6.58 Å². The molecule has 4 nitrogen and oxygen atoms in total. The molecule has 0 aromatic heterocycles. The molecular weight excluding hydrogens is 262 g/mol. The van der Waals surface area contributed by atoms with Gasteiger partial charge in [0.1, 0.15) is 0 Å². The van der Waals surface area contributed by atoms with Gasteiger partial charge in [-0.2, -0.15) is 0 Å². The van der Waals surface area contributed by atoms with Crippen molar-refractivity contribution < 1.29 is 17.3 Å². The van der Waals surface area contributed by atoms with E-state index >= 15 is 0 Å². The number of carbonyl (C=O) groups excluding carboxylic acids is 1. The fourth-order valence-electron chi connectivity index (χ4n) is 1.44. The minimum atomic E-state index is -3.89. The van der Waals surface area contributed by atoms with Crippen molar-refractivity contribution in [1.82, 2.24) is 4.72 Å². The Kier molecular flexibility index (Phi) is 3.85. The molecule has 1 aromatic rings. The molecule has 0 radical (unpaired) electrons. The predicted molar refractivity (Wildman–Crippen MR) is 75.2 cm³/mol. The Morgan fingerprint density at radius 1 is 1.32 bits per heavy atom. The molecule has 0 saturated heterocycles. The van der Waals surface area contributed by atoms with Crippen LogP contribution in [0.25, 0.3) is 0 Å². The highest BCUT2D eigenvalue weighted by atomic mass is 32.2. The molecule has 1 aromatic carbocycles. The summed E-state index contributed by atoms with van der Waals surface area (Å²) in [5.74, 6) is -0.668. The number of rotatable bonds is 6. The monoisotopic (exact) mass is 284 g/mol. The first kappa shape index (κ1) is 11.2. The molecule has 1 rings (SSSR count). The van der Waals surface area contributed by atoms with E-state index in [0.717, 1.165) is 5.56 Å². The maximum absolute atomic E-state index is 12.0. The molecule has 0 atom stereocenters. The zero-order valence-electron chi connectivity index (χ0n) is 13.8. The summed E-state index contributed by atoms with van der Waals surface area (Å²) >= 11 is 0. The molecule has 0 aliphatic carbocycles. The van der Waals surface area contributed by atoms with Crippen LogP contribution in [0.1, 0.15) is 35.8 Å². The summed E-state index contributed by atoms with van der Waals surface area (Å²) in [4.78, 5) is 11.7. The Morgan fingerprint density at radius 3 is 2.53 bits per heavy atom. The molecule has 19 heavy (non-hydrogen) atoms. The summed E-state index contributed by atoms with van der Waals surface area (Å²) in [7, 11) is -3.89. The van der Waals surface area contributed by atoms with E-state index in [9.17, 15) is 13.2 Å². The molecular formula is C14H19NO3S. The summed E-state index contributed by atoms with van der Waals surface area (Å²) in [6.45, 7) is 3.02. The SMILES string of the molecule is [2H]C([2H])([2H])C(=C)CCCC(=O)NS(=O)(=O)c1ccc(C)cc1. The Morgan fingerprint density at radius 2 is 1.95 bits per heavy atom. The number of hydrogen-bond donors (Lipinski definition) is 1. The highest BCUT2D eigenvalue weighted by Crippen LogP contribution is 2.10. The van der Waals surface area contributed by atoms with Gasteiger partial charge in [0, 0.05) is 10.5 Å². The number of nitrogens with one attached hydrogen (secondary N) is 1. The summed E-state index contributed by atoms with van der Waals surface area (Å²) in [5.41, 5.74) is 0.968. The highest BCUT2D eigenvalue weighted by molar-refractivity contribution is 7.90. The van der Waals surface area contributed by atoms with Gasteiger partial charge in [0.25, 0.3) is 10.0 Å². The van der Waals surface area contributed by atoms with E-state index < -0.39 is 22.8 Å². The van der Waals surface area contributed by atoms with Crippen LogP contribution in [-0.4, -0.2) is 14.3 Å². The van der Waals surface area contributed by atoms with Gasteiger partial charge in [-0.05, 0) is 38.8 Å². The van der Waals surface area contributed by atoms with E-state index in [0.29, 0.717) is 0 Å². The third kappa shape index (κ3) is 5.26. The molecule has 0 aliphatic rings. The third-order valence-corrected chi connectivity index (χ3v) is 3.85. The van der Waals surface area contributed by atoms with Crippen molar-refractivity contribution in [2.24, 2.45) is 0 Å². The Labute approximate surface area is 118 Å². The molecule has 0 heterocycles. The average molecular weight is 284 g/mol. The Bertz CT molecular complexity index is 649. The van der Waals surface area contributed by atoms with Crippen LogP contribution >= 0.6 is 0 Å². The minimum Gasteiger partial charge on any atom is -0.274 e. The van der Waals surface area contributed by atoms with Gasteiger partial charge in [0.2, 0.25) is 5.91 Å². The third-order valence-electron chi connectivity index (χ3n) is 2.46. The van der Waals surface area contributed by atoms with Crippen LogP contribution in [0, 0.1) is 6.92 Å². The van der Waals surface area contributed by atoms with E-state index in [4.69, 9.17) is 4.11 Å². The maximum Gasteiger partial charge on any atom is 0.264 e. The van der Waals surface area contributed by atoms with E-state index in [1.54, 1.807) is 12.1 Å². The molecule has 0 fully saturated rings. The normalized spacial score (nSPS) is 14.1. The van der Waals surface area contributed by atoms with Gasteiger partial charge in [-0.3, -0.25) is 4.79 Å². The first-order valence-corrected chi connectivity index (χ1v) is 7.31. The van der Waals surface area contributed by atoms with Gasteiger partial charge in [-0.1, -0.05) is 23.3 Å². The van der Waals surface area contributed by atoms with Crippen LogP contribution in [0.15, 0.2) is 41.3 Å². The first-order chi connectivity index (χ1) is 10.0. The van der Waals surface area contributed by atoms with Gasteiger partial charge < -0.3 is 0 Å². The fourth-order valence-corrected chi connectivity index (χ4v) is 2.45. The average Bonchev–Trinajstić information content (AvgIpc) is 2.37. The number of carbonyl (C=O) groups is 1. The predicted octanol–water partition coefficient (Wildman–Crippen LogP) is 2.55. The van der Waals surface area contributed by atoms with Gasteiger partial charge in [-0.15, -0.1) is 6.58 Å². The Hall–Kier alpha value is -1.62. The largest absolute Gasteiger partial charge is 0.274 e. The lowest BCUT2D eigenvalue weighted by Gasteiger charge is -2.07. The summed E-state index contributed by atoms with van der Waals surface area (Å²) in [6, 6.07) is 6.11. The fraction of sp³-hybridized carbons (Fsp3) is 0.357. The number of aryl methyl sites for hydroxylation is 1. The van der Waals surface area contributed by atoms with Crippen LogP contribution in [0.5, 0.6) is 0 Å². The maximum atomic E-state index is 12.0. The topological polar surface area (TPSA) is 63.2 Å². The van der Waals surface area contributed by atoms with Gasteiger partial charge in [-0.25, -0.2) is 13.1 Å². The second-order valence-corrected chi connectivity index (χ2v) is 5.98. The lowest BCUT2D eigenvalue weighted by atomic mass is 10.1. The molecule has 1 N–H and O–H groups in total. The molecule has 5 heteroatoms. The van der Waals surface area contributed by atoms with Crippen molar-refractivity contribution >= 4 is 15.9 Å². The minimum absolute atomic E-state index is 0.0124. The lowest BCUT2D eigenvalue weighted by Crippen LogP contribution is -2.30. The van der Waals surface area contributed by atoms with Crippen LogP contribution in [0.4, 0.5) is 0 Å². The molecule has 0 bridgehead atoms. The van der Waals surface area contributed by atoms with E-state index in [1.165, 1.54) is 12.1 Å². The van der Waals surface area contributed by atoms with Crippen molar-refractivity contribution in [3.8, 4) is 0 Å². The molecule has 0 unspecified atom stereocenters. The van der Waals surface area contributed by atoms with Gasteiger partial charge in [0.15, 0.2) is 0 Å². The molecule has 0 aliphatic heterocycles. The molecule has 0 saturated carbocycles. The van der Waals surface area contributed by atoms with Crippen LogP contribution < -0.4 is 4.72 Å². The zero-order chi connectivity index (χ0) is 17.0. The van der Waals surface area contributed by atoms with Crippen LogP contribution in [-0.2, 0) is 14.8 Å². The van der Waals surface area contributed by atoms with Crippen molar-refractivity contribution in [3.63, 3.8) is 0 Å². The number of hydrogen-bond acceptors (Lipinski definition) is 3. The van der Waals surface area contributed by atoms with Crippen LogP contribution in [0.2, 0.25) is 0 Å². The smallest absolute Gasteiger partial charge is 0.264 e. The van der Waals surface area contributed by atoms with E-state index in [-0.39, 0.29) is 29.7 Å². The Balaban J connectivity index is 2.54. The zero-order valence-corrected chi connectivity index (χ0v) is 11.6. The lowest BCUT2D eigenvalue weighted by molar-refractivity contribution is -0.119. The second-order valence-electron chi connectivity index (χ2n) is 4.30. The summed E-state index contributed by atoms with van der Waals surface area (Å²) in [6.07, 6.45) is 0.293. The van der Waals surface area contributed by atoms with Gasteiger partial charge >= 0.3 is 0 Å². The molecule has 0 spiro atoms. The van der Waals surface area contributed by atoms with Crippen molar-refractivity contribution in [1.29, 1.82) is 0 Å². The van der Waals surface area contributed by atoms with Crippen LogP contribution in [0.3, 0.4) is 0 Å². The highest BCUT2D eigenvalue weighted by Gasteiger charge is 2.16. The summed E-state index contributed by atoms with van der Waals surface area (Å²) < 4.78 is 47.3.